The summed E-state index contributed by atoms with van der Waals surface area (Å²) in [6.45, 7) is 4.95. The molecule has 2 aromatic rings. The van der Waals surface area contributed by atoms with E-state index in [1.807, 2.05) is 31.2 Å². The summed E-state index contributed by atoms with van der Waals surface area (Å²) in [5.74, 6) is 2.88. The Kier molecular flexibility index (Phi) is 3.47. The third kappa shape index (κ3) is 2.55. The number of furan rings is 2. The molecular weight excluding hydrogens is 202 g/mol. The molecule has 0 aromatic carbocycles. The van der Waals surface area contributed by atoms with E-state index in [1.165, 1.54) is 0 Å². The topological polar surface area (TPSA) is 38.3 Å². The van der Waals surface area contributed by atoms with Gasteiger partial charge in [0.05, 0.1) is 12.3 Å². The Labute approximate surface area is 95.5 Å². The standard InChI is InChI=1S/C13H17NO2/c1-3-14-12(9-11-5-4-8-15-11)13-7-6-10(2)16-13/h4-8,12,14H,3,9H2,1-2H3. The molecule has 0 spiro atoms. The lowest BCUT2D eigenvalue weighted by Crippen LogP contribution is -2.22. The van der Waals surface area contributed by atoms with Crippen LogP contribution in [0.3, 0.4) is 0 Å². The summed E-state index contributed by atoms with van der Waals surface area (Å²) in [4.78, 5) is 0. The molecule has 0 aliphatic heterocycles. The highest BCUT2D eigenvalue weighted by Crippen LogP contribution is 2.20. The van der Waals surface area contributed by atoms with Crippen LogP contribution in [0.15, 0.2) is 39.4 Å². The second kappa shape index (κ2) is 5.03. The molecule has 3 heteroatoms. The van der Waals surface area contributed by atoms with Crippen LogP contribution in [-0.2, 0) is 6.42 Å². The lowest BCUT2D eigenvalue weighted by molar-refractivity contribution is 0.381. The highest BCUT2D eigenvalue weighted by Gasteiger charge is 2.15. The van der Waals surface area contributed by atoms with Gasteiger partial charge in [0, 0.05) is 6.42 Å². The zero-order chi connectivity index (χ0) is 11.4. The van der Waals surface area contributed by atoms with Crippen LogP contribution in [0.25, 0.3) is 0 Å². The molecular formula is C13H17NO2. The summed E-state index contributed by atoms with van der Waals surface area (Å²) in [7, 11) is 0. The van der Waals surface area contributed by atoms with E-state index in [9.17, 15) is 0 Å². The molecule has 0 saturated carbocycles. The molecule has 0 bridgehead atoms. The fourth-order valence-electron chi connectivity index (χ4n) is 1.79. The van der Waals surface area contributed by atoms with Gasteiger partial charge in [-0.3, -0.25) is 0 Å². The largest absolute Gasteiger partial charge is 0.469 e. The van der Waals surface area contributed by atoms with Gasteiger partial charge in [-0.05, 0) is 37.7 Å². The third-order valence-electron chi connectivity index (χ3n) is 2.54. The lowest BCUT2D eigenvalue weighted by Gasteiger charge is -2.13. The predicted octanol–water partition coefficient (Wildman–Crippen LogP) is 3.07. The van der Waals surface area contributed by atoms with Crippen LogP contribution in [0, 0.1) is 6.92 Å². The Morgan fingerprint density at radius 2 is 2.19 bits per heavy atom. The molecule has 86 valence electrons. The van der Waals surface area contributed by atoms with Gasteiger partial charge in [-0.2, -0.15) is 0 Å². The molecule has 1 atom stereocenters. The molecule has 0 fully saturated rings. The fraction of sp³-hybridized carbons (Fsp3) is 0.385. The van der Waals surface area contributed by atoms with E-state index in [4.69, 9.17) is 8.83 Å². The molecule has 3 nitrogen and oxygen atoms in total. The first-order valence-corrected chi connectivity index (χ1v) is 5.61. The van der Waals surface area contributed by atoms with Gasteiger partial charge in [-0.15, -0.1) is 0 Å². The zero-order valence-corrected chi connectivity index (χ0v) is 9.69. The molecule has 0 aliphatic rings. The Morgan fingerprint density at radius 1 is 1.31 bits per heavy atom. The van der Waals surface area contributed by atoms with Gasteiger partial charge in [0.2, 0.25) is 0 Å². The number of aryl methyl sites for hydroxylation is 1. The van der Waals surface area contributed by atoms with E-state index in [1.54, 1.807) is 6.26 Å². The minimum atomic E-state index is 0.185. The fourth-order valence-corrected chi connectivity index (χ4v) is 1.79. The second-order valence-electron chi connectivity index (χ2n) is 3.84. The zero-order valence-electron chi connectivity index (χ0n) is 9.69. The van der Waals surface area contributed by atoms with E-state index in [0.717, 1.165) is 30.2 Å². The molecule has 0 saturated heterocycles. The highest BCUT2D eigenvalue weighted by molar-refractivity contribution is 5.12. The lowest BCUT2D eigenvalue weighted by atomic mass is 10.1. The van der Waals surface area contributed by atoms with Crippen molar-refractivity contribution in [2.24, 2.45) is 0 Å². The minimum absolute atomic E-state index is 0.185. The first-order chi connectivity index (χ1) is 7.79. The Bertz CT molecular complexity index is 417. The summed E-state index contributed by atoms with van der Waals surface area (Å²) >= 11 is 0. The van der Waals surface area contributed by atoms with Crippen molar-refractivity contribution >= 4 is 0 Å². The predicted molar refractivity (Wildman–Crippen MR) is 62.3 cm³/mol. The first kappa shape index (κ1) is 11.0. The van der Waals surface area contributed by atoms with E-state index >= 15 is 0 Å². The van der Waals surface area contributed by atoms with Gasteiger partial charge in [0.25, 0.3) is 0 Å². The van der Waals surface area contributed by atoms with Gasteiger partial charge in [0.1, 0.15) is 17.3 Å². The van der Waals surface area contributed by atoms with Crippen LogP contribution < -0.4 is 5.32 Å². The second-order valence-corrected chi connectivity index (χ2v) is 3.84. The smallest absolute Gasteiger partial charge is 0.121 e. The van der Waals surface area contributed by atoms with E-state index in [0.29, 0.717) is 0 Å². The van der Waals surface area contributed by atoms with E-state index in [2.05, 4.69) is 12.2 Å². The Hall–Kier alpha value is -1.48. The van der Waals surface area contributed by atoms with Crippen LogP contribution in [0.1, 0.15) is 30.2 Å². The molecule has 0 aliphatic carbocycles. The van der Waals surface area contributed by atoms with Gasteiger partial charge < -0.3 is 14.2 Å². The third-order valence-corrected chi connectivity index (χ3v) is 2.54. The van der Waals surface area contributed by atoms with Crippen molar-refractivity contribution in [2.75, 3.05) is 6.54 Å². The van der Waals surface area contributed by atoms with Crippen LogP contribution in [0.2, 0.25) is 0 Å². The van der Waals surface area contributed by atoms with Crippen molar-refractivity contribution < 1.29 is 8.83 Å². The molecule has 2 aromatic heterocycles. The van der Waals surface area contributed by atoms with Crippen LogP contribution in [0.4, 0.5) is 0 Å². The van der Waals surface area contributed by atoms with Crippen molar-refractivity contribution in [3.05, 3.63) is 47.8 Å². The van der Waals surface area contributed by atoms with Gasteiger partial charge in [-0.1, -0.05) is 6.92 Å². The minimum Gasteiger partial charge on any atom is -0.469 e. The normalized spacial score (nSPS) is 12.9. The summed E-state index contributed by atoms with van der Waals surface area (Å²) in [5.41, 5.74) is 0. The average molecular weight is 219 g/mol. The highest BCUT2D eigenvalue weighted by atomic mass is 16.3. The number of hydrogen-bond acceptors (Lipinski definition) is 3. The molecule has 2 heterocycles. The molecule has 1 N–H and O–H groups in total. The SMILES string of the molecule is CCNC(Cc1ccco1)c1ccc(C)o1. The first-order valence-electron chi connectivity index (χ1n) is 5.61. The number of hydrogen-bond donors (Lipinski definition) is 1. The summed E-state index contributed by atoms with van der Waals surface area (Å²) in [6.07, 6.45) is 2.51. The van der Waals surface area contributed by atoms with E-state index < -0.39 is 0 Å². The molecule has 16 heavy (non-hydrogen) atoms. The van der Waals surface area contributed by atoms with Crippen molar-refractivity contribution in [3.8, 4) is 0 Å². The van der Waals surface area contributed by atoms with Crippen molar-refractivity contribution in [2.45, 2.75) is 26.3 Å². The number of nitrogens with one attached hydrogen (secondary N) is 1. The number of likely N-dealkylation sites (N-methyl/N-ethyl adjacent to an activating group) is 1. The summed E-state index contributed by atoms with van der Waals surface area (Å²) in [5, 5.41) is 3.40. The maximum atomic E-state index is 5.64. The molecule has 1 unspecified atom stereocenters. The molecule has 2 rings (SSSR count). The summed E-state index contributed by atoms with van der Waals surface area (Å²) in [6, 6.07) is 8.09. The molecule has 0 amide bonds. The average Bonchev–Trinajstić information content (AvgIpc) is 2.88. The van der Waals surface area contributed by atoms with Gasteiger partial charge in [0.15, 0.2) is 0 Å². The van der Waals surface area contributed by atoms with Gasteiger partial charge in [-0.25, -0.2) is 0 Å². The van der Waals surface area contributed by atoms with Crippen LogP contribution in [-0.4, -0.2) is 6.54 Å². The monoisotopic (exact) mass is 219 g/mol. The van der Waals surface area contributed by atoms with Gasteiger partial charge >= 0.3 is 0 Å². The van der Waals surface area contributed by atoms with Crippen LogP contribution in [0.5, 0.6) is 0 Å². The van der Waals surface area contributed by atoms with Crippen molar-refractivity contribution in [3.63, 3.8) is 0 Å². The van der Waals surface area contributed by atoms with E-state index in [-0.39, 0.29) is 6.04 Å². The van der Waals surface area contributed by atoms with Crippen LogP contribution >= 0.6 is 0 Å². The van der Waals surface area contributed by atoms with Crippen molar-refractivity contribution in [1.29, 1.82) is 0 Å². The molecule has 0 radical (unpaired) electrons. The Morgan fingerprint density at radius 3 is 2.75 bits per heavy atom. The maximum Gasteiger partial charge on any atom is 0.121 e. The maximum absolute atomic E-state index is 5.64. The quantitative estimate of drug-likeness (QED) is 0.839. The van der Waals surface area contributed by atoms with Crippen molar-refractivity contribution in [1.82, 2.24) is 5.32 Å². The Balaban J connectivity index is 2.11. The number of rotatable bonds is 5. The summed E-state index contributed by atoms with van der Waals surface area (Å²) < 4.78 is 11.0.